The molecular formula is C15H14FN5OS2. The summed E-state index contributed by atoms with van der Waals surface area (Å²) in [4.78, 5) is 17.3. The summed E-state index contributed by atoms with van der Waals surface area (Å²) in [6, 6.07) is 5.83. The van der Waals surface area contributed by atoms with Crippen LogP contribution in [-0.2, 0) is 18.3 Å². The zero-order valence-electron chi connectivity index (χ0n) is 13.0. The molecule has 2 heterocycles. The molecule has 0 saturated heterocycles. The summed E-state index contributed by atoms with van der Waals surface area (Å²) in [6.07, 6.45) is 0.154. The Morgan fingerprint density at radius 1 is 1.42 bits per heavy atom. The van der Waals surface area contributed by atoms with Gasteiger partial charge in [-0.15, -0.1) is 0 Å². The number of hydrogen-bond donors (Lipinski definition) is 2. The molecule has 24 heavy (non-hydrogen) atoms. The van der Waals surface area contributed by atoms with Gasteiger partial charge in [-0.1, -0.05) is 23.5 Å². The molecule has 0 unspecified atom stereocenters. The van der Waals surface area contributed by atoms with Gasteiger partial charge in [0.15, 0.2) is 15.7 Å². The summed E-state index contributed by atoms with van der Waals surface area (Å²) in [5.41, 5.74) is 1.49. The zero-order chi connectivity index (χ0) is 17.3. The predicted molar refractivity (Wildman–Crippen MR) is 93.0 cm³/mol. The molecule has 0 radical (unpaired) electrons. The van der Waals surface area contributed by atoms with Crippen LogP contribution in [0.4, 0.5) is 9.52 Å². The van der Waals surface area contributed by atoms with Crippen LogP contribution in [0.3, 0.4) is 0 Å². The lowest BCUT2D eigenvalue weighted by molar-refractivity contribution is -0.115. The van der Waals surface area contributed by atoms with Gasteiger partial charge in [0.2, 0.25) is 5.91 Å². The molecule has 124 valence electrons. The molecule has 0 aliphatic heterocycles. The van der Waals surface area contributed by atoms with Crippen molar-refractivity contribution in [1.82, 2.24) is 19.7 Å². The standard InChI is InChI=1S/C15H14FN5OS2/c1-8-12(13-19-20-15(23)21(13)2)24-14(17-8)18-11(22)7-9-3-5-10(16)6-4-9/h3-6H,7H2,1-2H3,(H,20,23)(H,17,18,22). The third kappa shape index (κ3) is 3.41. The van der Waals surface area contributed by atoms with Crippen molar-refractivity contribution in [2.45, 2.75) is 13.3 Å². The minimum atomic E-state index is -0.327. The lowest BCUT2D eigenvalue weighted by Crippen LogP contribution is -2.14. The van der Waals surface area contributed by atoms with Crippen molar-refractivity contribution in [2.75, 3.05) is 5.32 Å². The second-order valence-electron chi connectivity index (χ2n) is 5.20. The lowest BCUT2D eigenvalue weighted by Gasteiger charge is -2.01. The lowest BCUT2D eigenvalue weighted by atomic mass is 10.1. The van der Waals surface area contributed by atoms with E-state index >= 15 is 0 Å². The van der Waals surface area contributed by atoms with Crippen molar-refractivity contribution in [2.24, 2.45) is 7.05 Å². The molecule has 3 rings (SSSR count). The minimum Gasteiger partial charge on any atom is -0.303 e. The Balaban J connectivity index is 1.75. The molecule has 1 amide bonds. The highest BCUT2D eigenvalue weighted by Gasteiger charge is 2.16. The largest absolute Gasteiger partial charge is 0.303 e. The Labute approximate surface area is 146 Å². The number of aromatic amines is 1. The summed E-state index contributed by atoms with van der Waals surface area (Å²) in [5.74, 6) is 0.138. The number of anilines is 1. The van der Waals surface area contributed by atoms with Gasteiger partial charge in [-0.05, 0) is 36.8 Å². The summed E-state index contributed by atoms with van der Waals surface area (Å²) in [7, 11) is 1.81. The van der Waals surface area contributed by atoms with E-state index in [1.165, 1.54) is 23.5 Å². The van der Waals surface area contributed by atoms with Gasteiger partial charge in [0.1, 0.15) is 5.82 Å². The number of halogens is 1. The average Bonchev–Trinajstić information content (AvgIpc) is 3.05. The number of hydrogen-bond acceptors (Lipinski definition) is 5. The third-order valence-electron chi connectivity index (χ3n) is 3.40. The van der Waals surface area contributed by atoms with E-state index in [4.69, 9.17) is 12.2 Å². The first-order valence-electron chi connectivity index (χ1n) is 7.07. The average molecular weight is 363 g/mol. The van der Waals surface area contributed by atoms with E-state index in [1.807, 2.05) is 14.0 Å². The second-order valence-corrected chi connectivity index (χ2v) is 6.58. The molecule has 0 saturated carbocycles. The predicted octanol–water partition coefficient (Wildman–Crippen LogP) is 3.23. The SMILES string of the molecule is Cc1nc(NC(=O)Cc2ccc(F)cc2)sc1-c1n[nH]c(=S)n1C. The third-order valence-corrected chi connectivity index (χ3v) is 4.84. The van der Waals surface area contributed by atoms with E-state index < -0.39 is 0 Å². The molecule has 2 aromatic heterocycles. The monoisotopic (exact) mass is 363 g/mol. The van der Waals surface area contributed by atoms with E-state index in [2.05, 4.69) is 20.5 Å². The van der Waals surface area contributed by atoms with Gasteiger partial charge in [-0.2, -0.15) is 5.10 Å². The molecular weight excluding hydrogens is 349 g/mol. The molecule has 2 N–H and O–H groups in total. The maximum Gasteiger partial charge on any atom is 0.230 e. The van der Waals surface area contributed by atoms with Crippen LogP contribution in [0.25, 0.3) is 10.7 Å². The highest BCUT2D eigenvalue weighted by molar-refractivity contribution is 7.71. The number of carbonyl (C=O) groups is 1. The molecule has 0 aliphatic rings. The fourth-order valence-corrected chi connectivity index (χ4v) is 3.30. The summed E-state index contributed by atoms with van der Waals surface area (Å²) in [6.45, 7) is 1.85. The van der Waals surface area contributed by atoms with Crippen molar-refractivity contribution < 1.29 is 9.18 Å². The first kappa shape index (κ1) is 16.5. The molecule has 0 atom stereocenters. The number of rotatable bonds is 4. The number of aryl methyl sites for hydroxylation is 1. The van der Waals surface area contributed by atoms with Crippen molar-refractivity contribution in [3.05, 3.63) is 46.1 Å². The summed E-state index contributed by atoms with van der Waals surface area (Å²) >= 11 is 6.44. The van der Waals surface area contributed by atoms with Crippen LogP contribution in [0.1, 0.15) is 11.3 Å². The number of carbonyl (C=O) groups excluding carboxylic acids is 1. The van der Waals surface area contributed by atoms with Gasteiger partial charge in [0, 0.05) is 7.05 Å². The van der Waals surface area contributed by atoms with Gasteiger partial charge in [-0.25, -0.2) is 9.37 Å². The molecule has 1 aromatic carbocycles. The maximum atomic E-state index is 12.9. The van der Waals surface area contributed by atoms with Crippen molar-refractivity contribution in [3.8, 4) is 10.7 Å². The normalized spacial score (nSPS) is 10.8. The zero-order valence-corrected chi connectivity index (χ0v) is 14.6. The van der Waals surface area contributed by atoms with Gasteiger partial charge in [0.05, 0.1) is 17.0 Å². The Morgan fingerprint density at radius 2 is 2.12 bits per heavy atom. The first-order valence-corrected chi connectivity index (χ1v) is 8.30. The van der Waals surface area contributed by atoms with Gasteiger partial charge >= 0.3 is 0 Å². The van der Waals surface area contributed by atoms with Crippen molar-refractivity contribution >= 4 is 34.6 Å². The van der Waals surface area contributed by atoms with Crippen LogP contribution in [0.5, 0.6) is 0 Å². The number of amides is 1. The number of nitrogens with zero attached hydrogens (tertiary/aromatic N) is 3. The molecule has 0 fully saturated rings. The smallest absolute Gasteiger partial charge is 0.230 e. The number of aromatic nitrogens is 4. The topological polar surface area (TPSA) is 75.6 Å². The number of thiazole rings is 1. The number of nitrogens with one attached hydrogen (secondary N) is 2. The van der Waals surface area contributed by atoms with Gasteiger partial charge in [0.25, 0.3) is 0 Å². The Hall–Kier alpha value is -2.39. The molecule has 0 aliphatic carbocycles. The fraction of sp³-hybridized carbons (Fsp3) is 0.200. The van der Waals surface area contributed by atoms with Crippen molar-refractivity contribution in [3.63, 3.8) is 0 Å². The van der Waals surface area contributed by atoms with E-state index in [-0.39, 0.29) is 18.1 Å². The Bertz CT molecular complexity index is 942. The maximum absolute atomic E-state index is 12.9. The van der Waals surface area contributed by atoms with Gasteiger partial charge < -0.3 is 9.88 Å². The van der Waals surface area contributed by atoms with Crippen molar-refractivity contribution in [1.29, 1.82) is 0 Å². The Morgan fingerprint density at radius 3 is 2.75 bits per heavy atom. The van der Waals surface area contributed by atoms with Crippen LogP contribution in [-0.4, -0.2) is 25.7 Å². The fourth-order valence-electron chi connectivity index (χ4n) is 2.16. The quantitative estimate of drug-likeness (QED) is 0.698. The highest BCUT2D eigenvalue weighted by Crippen LogP contribution is 2.31. The minimum absolute atomic E-state index is 0.154. The van der Waals surface area contributed by atoms with E-state index in [0.29, 0.717) is 15.7 Å². The van der Waals surface area contributed by atoms with Gasteiger partial charge in [-0.3, -0.25) is 9.89 Å². The van der Waals surface area contributed by atoms with Crippen LogP contribution >= 0.6 is 23.6 Å². The van der Waals surface area contributed by atoms with Crippen LogP contribution in [0, 0.1) is 17.5 Å². The van der Waals surface area contributed by atoms with E-state index in [0.717, 1.165) is 16.1 Å². The molecule has 3 aromatic rings. The number of H-pyrrole nitrogens is 1. The van der Waals surface area contributed by atoms with Crippen LogP contribution < -0.4 is 5.32 Å². The van der Waals surface area contributed by atoms with Crippen LogP contribution in [0.2, 0.25) is 0 Å². The van der Waals surface area contributed by atoms with Crippen LogP contribution in [0.15, 0.2) is 24.3 Å². The molecule has 0 spiro atoms. The summed E-state index contributed by atoms with van der Waals surface area (Å²) in [5, 5.41) is 10.2. The highest BCUT2D eigenvalue weighted by atomic mass is 32.1. The first-order chi connectivity index (χ1) is 11.4. The second kappa shape index (κ2) is 6.62. The molecule has 0 bridgehead atoms. The molecule has 9 heteroatoms. The van der Waals surface area contributed by atoms with E-state index in [1.54, 1.807) is 16.7 Å². The Kier molecular flexibility index (Phi) is 4.54. The molecule has 6 nitrogen and oxygen atoms in total. The number of benzene rings is 1. The summed E-state index contributed by atoms with van der Waals surface area (Å²) < 4.78 is 15.2. The van der Waals surface area contributed by atoms with E-state index in [9.17, 15) is 9.18 Å².